The molecular formula is C21H17F3N2O3S. The van der Waals surface area contributed by atoms with Crippen LogP contribution in [0.2, 0.25) is 0 Å². The second kappa shape index (κ2) is 8.35. The Hall–Kier alpha value is -3.07. The van der Waals surface area contributed by atoms with Crippen molar-refractivity contribution in [2.24, 2.45) is 0 Å². The smallest absolute Gasteiger partial charge is 0.324 e. The third kappa shape index (κ3) is 4.73. The molecule has 156 valence electrons. The van der Waals surface area contributed by atoms with Crippen LogP contribution in [0.4, 0.5) is 23.7 Å². The minimum Gasteiger partial charge on any atom is -0.324 e. The summed E-state index contributed by atoms with van der Waals surface area (Å²) >= 11 is 0.637. The van der Waals surface area contributed by atoms with Crippen molar-refractivity contribution in [1.29, 1.82) is 0 Å². The highest BCUT2D eigenvalue weighted by molar-refractivity contribution is 8.18. The zero-order valence-electron chi connectivity index (χ0n) is 16.0. The number of hydrogen-bond donors (Lipinski definition) is 1. The van der Waals surface area contributed by atoms with Crippen LogP contribution in [0.15, 0.2) is 47.4 Å². The van der Waals surface area contributed by atoms with Crippen LogP contribution in [-0.2, 0) is 15.8 Å². The number of nitrogens with one attached hydrogen (secondary N) is 1. The average molecular weight is 434 g/mol. The van der Waals surface area contributed by atoms with Crippen molar-refractivity contribution in [3.63, 3.8) is 0 Å². The monoisotopic (exact) mass is 434 g/mol. The lowest BCUT2D eigenvalue weighted by atomic mass is 10.1. The van der Waals surface area contributed by atoms with Crippen molar-refractivity contribution in [3.8, 4) is 0 Å². The first kappa shape index (κ1) is 21.6. The Morgan fingerprint density at radius 2 is 1.77 bits per heavy atom. The van der Waals surface area contributed by atoms with Gasteiger partial charge >= 0.3 is 6.18 Å². The summed E-state index contributed by atoms with van der Waals surface area (Å²) in [6.45, 7) is 3.29. The van der Waals surface area contributed by atoms with Crippen LogP contribution >= 0.6 is 11.8 Å². The van der Waals surface area contributed by atoms with Gasteiger partial charge in [0.05, 0.1) is 10.5 Å². The van der Waals surface area contributed by atoms with Gasteiger partial charge in [0.15, 0.2) is 0 Å². The van der Waals surface area contributed by atoms with Gasteiger partial charge in [-0.1, -0.05) is 24.3 Å². The van der Waals surface area contributed by atoms with E-state index in [-0.39, 0.29) is 4.91 Å². The molecule has 5 nitrogen and oxygen atoms in total. The Kier molecular flexibility index (Phi) is 6.02. The lowest BCUT2D eigenvalue weighted by Gasteiger charge is -2.14. The van der Waals surface area contributed by atoms with Gasteiger partial charge in [-0.2, -0.15) is 13.2 Å². The molecule has 1 aliphatic rings. The fraction of sp³-hybridized carbons (Fsp3) is 0.190. The van der Waals surface area contributed by atoms with Crippen molar-refractivity contribution in [2.75, 3.05) is 11.9 Å². The molecule has 0 saturated carbocycles. The van der Waals surface area contributed by atoms with Gasteiger partial charge < -0.3 is 5.32 Å². The number of carbonyl (C=O) groups is 3. The van der Waals surface area contributed by atoms with E-state index in [4.69, 9.17) is 0 Å². The summed E-state index contributed by atoms with van der Waals surface area (Å²) in [5.41, 5.74) is 1.98. The molecule has 30 heavy (non-hydrogen) atoms. The maximum absolute atomic E-state index is 12.7. The predicted molar refractivity (Wildman–Crippen MR) is 109 cm³/mol. The molecule has 0 unspecified atom stereocenters. The molecule has 0 aromatic heterocycles. The summed E-state index contributed by atoms with van der Waals surface area (Å²) in [6, 6.07) is 9.62. The van der Waals surface area contributed by atoms with E-state index in [1.807, 2.05) is 19.9 Å². The van der Waals surface area contributed by atoms with Crippen molar-refractivity contribution >= 4 is 40.6 Å². The number of rotatable bonds is 4. The zero-order chi connectivity index (χ0) is 22.1. The Morgan fingerprint density at radius 3 is 2.40 bits per heavy atom. The van der Waals surface area contributed by atoms with Crippen LogP contribution in [0.25, 0.3) is 6.08 Å². The topological polar surface area (TPSA) is 66.5 Å². The van der Waals surface area contributed by atoms with Crippen molar-refractivity contribution < 1.29 is 27.6 Å². The number of nitrogens with zero attached hydrogens (tertiary/aromatic N) is 1. The summed E-state index contributed by atoms with van der Waals surface area (Å²) in [5.74, 6) is -1.19. The van der Waals surface area contributed by atoms with E-state index in [1.54, 1.807) is 12.1 Å². The summed E-state index contributed by atoms with van der Waals surface area (Å²) in [6.07, 6.45) is -3.13. The molecule has 1 fully saturated rings. The van der Waals surface area contributed by atoms with Gasteiger partial charge in [0.25, 0.3) is 11.1 Å². The minimum absolute atomic E-state index is 0.0410. The van der Waals surface area contributed by atoms with Gasteiger partial charge in [-0.15, -0.1) is 0 Å². The molecule has 2 aromatic carbocycles. The molecule has 0 bridgehead atoms. The first-order valence-electron chi connectivity index (χ1n) is 8.85. The second-order valence-electron chi connectivity index (χ2n) is 6.68. The molecule has 1 saturated heterocycles. The third-order valence-electron chi connectivity index (χ3n) is 4.59. The molecule has 0 radical (unpaired) electrons. The van der Waals surface area contributed by atoms with Crippen LogP contribution in [0.3, 0.4) is 0 Å². The largest absolute Gasteiger partial charge is 0.416 e. The van der Waals surface area contributed by atoms with Gasteiger partial charge in [-0.05, 0) is 66.6 Å². The molecule has 0 atom stereocenters. The fourth-order valence-electron chi connectivity index (χ4n) is 2.78. The minimum atomic E-state index is -4.46. The Morgan fingerprint density at radius 1 is 1.10 bits per heavy atom. The summed E-state index contributed by atoms with van der Waals surface area (Å²) < 4.78 is 38.0. The summed E-state index contributed by atoms with van der Waals surface area (Å²) in [4.78, 5) is 37.9. The summed E-state index contributed by atoms with van der Waals surface area (Å²) in [7, 11) is 0. The number of thioether (sulfide) groups is 1. The molecule has 1 heterocycles. The van der Waals surface area contributed by atoms with Crippen LogP contribution in [0.5, 0.6) is 0 Å². The second-order valence-corrected chi connectivity index (χ2v) is 7.68. The SMILES string of the molecule is Cc1cccc(NC(=O)CN2C(=O)S/C(=C\c3ccc(C(F)(F)F)cc3)C2=O)c1C. The normalized spacial score (nSPS) is 15.8. The quantitative estimate of drug-likeness (QED) is 0.688. The molecule has 0 spiro atoms. The number of hydrogen-bond acceptors (Lipinski definition) is 4. The van der Waals surface area contributed by atoms with Gasteiger partial charge in [-0.25, -0.2) is 0 Å². The molecule has 2 aromatic rings. The van der Waals surface area contributed by atoms with Crippen LogP contribution in [0.1, 0.15) is 22.3 Å². The van der Waals surface area contributed by atoms with Gasteiger partial charge in [0.1, 0.15) is 6.54 Å². The van der Waals surface area contributed by atoms with E-state index in [1.165, 1.54) is 18.2 Å². The van der Waals surface area contributed by atoms with Crippen LogP contribution in [0, 0.1) is 13.8 Å². The lowest BCUT2D eigenvalue weighted by molar-refractivity contribution is -0.137. The van der Waals surface area contributed by atoms with E-state index in [9.17, 15) is 27.6 Å². The van der Waals surface area contributed by atoms with Crippen molar-refractivity contribution in [1.82, 2.24) is 4.90 Å². The first-order valence-corrected chi connectivity index (χ1v) is 9.66. The van der Waals surface area contributed by atoms with E-state index in [0.717, 1.165) is 28.2 Å². The maximum atomic E-state index is 12.7. The Bertz CT molecular complexity index is 1050. The molecule has 0 aliphatic carbocycles. The number of carbonyl (C=O) groups excluding carboxylic acids is 3. The number of amides is 3. The van der Waals surface area contributed by atoms with Gasteiger partial charge in [-0.3, -0.25) is 19.3 Å². The average Bonchev–Trinajstić information content (AvgIpc) is 2.92. The third-order valence-corrected chi connectivity index (χ3v) is 5.50. The van der Waals surface area contributed by atoms with Crippen LogP contribution < -0.4 is 5.32 Å². The Balaban J connectivity index is 1.70. The van der Waals surface area contributed by atoms with Gasteiger partial charge in [0.2, 0.25) is 5.91 Å². The lowest BCUT2D eigenvalue weighted by Crippen LogP contribution is -2.36. The number of benzene rings is 2. The number of imide groups is 1. The van der Waals surface area contributed by atoms with Crippen molar-refractivity contribution in [2.45, 2.75) is 20.0 Å². The van der Waals surface area contributed by atoms with Crippen LogP contribution in [-0.4, -0.2) is 28.5 Å². The molecule has 1 N–H and O–H groups in total. The number of aryl methyl sites for hydroxylation is 1. The first-order chi connectivity index (χ1) is 14.1. The molecule has 3 amide bonds. The van der Waals surface area contributed by atoms with E-state index < -0.39 is 35.3 Å². The summed E-state index contributed by atoms with van der Waals surface area (Å²) in [5, 5.41) is 2.07. The number of alkyl halides is 3. The molecule has 9 heteroatoms. The van der Waals surface area contributed by atoms with E-state index in [2.05, 4.69) is 5.32 Å². The van der Waals surface area contributed by atoms with Gasteiger partial charge in [0, 0.05) is 5.69 Å². The fourth-order valence-corrected chi connectivity index (χ4v) is 3.61. The maximum Gasteiger partial charge on any atom is 0.416 e. The number of halogens is 3. The highest BCUT2D eigenvalue weighted by atomic mass is 32.2. The Labute approximate surface area is 174 Å². The van der Waals surface area contributed by atoms with Crippen molar-refractivity contribution in [3.05, 3.63) is 69.6 Å². The highest BCUT2D eigenvalue weighted by Crippen LogP contribution is 2.33. The van der Waals surface area contributed by atoms with E-state index in [0.29, 0.717) is 23.0 Å². The molecule has 3 rings (SSSR count). The highest BCUT2D eigenvalue weighted by Gasteiger charge is 2.36. The molecule has 1 aliphatic heterocycles. The zero-order valence-corrected chi connectivity index (χ0v) is 16.9. The predicted octanol–water partition coefficient (Wildman–Crippen LogP) is 5.00. The number of anilines is 1. The van der Waals surface area contributed by atoms with E-state index >= 15 is 0 Å². The molecular weight excluding hydrogens is 417 g/mol. The standard InChI is InChI=1S/C21H17F3N2O3S/c1-12-4-3-5-16(13(12)2)25-18(27)11-26-19(28)17(30-20(26)29)10-14-6-8-15(9-7-14)21(22,23)24/h3-10H,11H2,1-2H3,(H,25,27)/b17-10-.